The van der Waals surface area contributed by atoms with E-state index in [0.29, 0.717) is 5.92 Å². The van der Waals surface area contributed by atoms with Crippen molar-refractivity contribution in [2.45, 2.75) is 32.2 Å². The van der Waals surface area contributed by atoms with Gasteiger partial charge in [0.05, 0.1) is 4.92 Å². The number of carbonyl (C=O) groups is 1. The maximum atomic E-state index is 11.1. The van der Waals surface area contributed by atoms with Gasteiger partial charge in [-0.05, 0) is 37.8 Å². The largest absolute Gasteiger partial charge is 0.477 e. The van der Waals surface area contributed by atoms with Gasteiger partial charge in [0.15, 0.2) is 0 Å². The molecule has 6 nitrogen and oxygen atoms in total. The molecule has 0 aliphatic heterocycles. The molecular formula is C13H16N2O4. The first-order valence-electron chi connectivity index (χ1n) is 6.28. The lowest BCUT2D eigenvalue weighted by atomic mass is 9.80. The first-order valence-corrected chi connectivity index (χ1v) is 6.28. The Hall–Kier alpha value is -2.11. The van der Waals surface area contributed by atoms with E-state index < -0.39 is 10.9 Å². The quantitative estimate of drug-likeness (QED) is 0.630. The van der Waals surface area contributed by atoms with Gasteiger partial charge in [-0.2, -0.15) is 0 Å². The number of hydrogen-bond donors (Lipinski definition) is 2. The highest BCUT2D eigenvalue weighted by molar-refractivity contribution is 5.95. The highest BCUT2D eigenvalue weighted by Gasteiger charge is 2.28. The molecule has 1 aliphatic rings. The number of nitro benzene ring substituents is 1. The summed E-state index contributed by atoms with van der Waals surface area (Å²) >= 11 is 0. The molecule has 0 amide bonds. The number of benzene rings is 1. The van der Waals surface area contributed by atoms with Crippen LogP contribution in [0.1, 0.15) is 36.5 Å². The molecule has 0 saturated heterocycles. The Labute approximate surface area is 110 Å². The second-order valence-corrected chi connectivity index (χ2v) is 4.89. The fourth-order valence-electron chi connectivity index (χ4n) is 2.33. The number of hydrogen-bond acceptors (Lipinski definition) is 4. The van der Waals surface area contributed by atoms with Crippen molar-refractivity contribution in [2.24, 2.45) is 5.92 Å². The highest BCUT2D eigenvalue weighted by Crippen LogP contribution is 2.34. The summed E-state index contributed by atoms with van der Waals surface area (Å²) in [4.78, 5) is 21.5. The molecule has 1 aromatic rings. The van der Waals surface area contributed by atoms with Crippen molar-refractivity contribution in [3.63, 3.8) is 0 Å². The zero-order chi connectivity index (χ0) is 14.0. The minimum Gasteiger partial charge on any atom is -0.477 e. The van der Waals surface area contributed by atoms with Crippen molar-refractivity contribution < 1.29 is 14.8 Å². The summed E-state index contributed by atoms with van der Waals surface area (Å²) < 4.78 is 0. The number of carboxylic acid groups (broad SMARTS) is 1. The van der Waals surface area contributed by atoms with E-state index in [-0.39, 0.29) is 23.0 Å². The van der Waals surface area contributed by atoms with Gasteiger partial charge in [0.25, 0.3) is 0 Å². The third-order valence-electron chi connectivity index (χ3n) is 3.69. The standard InChI is InChI=1S/C13H16N2O4/c1-8(9-4-2-5-9)14-11-7-3-6-10(13(16)17)12(11)15(18)19/h3,6-9,14H,2,4-5H2,1H3,(H,16,17). The van der Waals surface area contributed by atoms with E-state index in [4.69, 9.17) is 5.11 Å². The van der Waals surface area contributed by atoms with Gasteiger partial charge in [0, 0.05) is 6.04 Å². The van der Waals surface area contributed by atoms with E-state index in [1.807, 2.05) is 6.92 Å². The molecular weight excluding hydrogens is 248 g/mol. The predicted molar refractivity (Wildman–Crippen MR) is 70.5 cm³/mol. The Balaban J connectivity index is 2.30. The average molecular weight is 264 g/mol. The number of para-hydroxylation sites is 1. The van der Waals surface area contributed by atoms with E-state index in [1.54, 1.807) is 6.07 Å². The number of carboxylic acids is 1. The molecule has 0 radical (unpaired) electrons. The predicted octanol–water partition coefficient (Wildman–Crippen LogP) is 2.89. The van der Waals surface area contributed by atoms with Crippen molar-refractivity contribution >= 4 is 17.3 Å². The molecule has 0 aromatic heterocycles. The summed E-state index contributed by atoms with van der Waals surface area (Å²) in [7, 11) is 0. The van der Waals surface area contributed by atoms with Crippen LogP contribution in [-0.2, 0) is 0 Å². The number of nitro groups is 1. The lowest BCUT2D eigenvalue weighted by Crippen LogP contribution is -2.31. The van der Waals surface area contributed by atoms with Crippen LogP contribution in [0, 0.1) is 16.0 Å². The molecule has 1 aromatic carbocycles. The summed E-state index contributed by atoms with van der Waals surface area (Å²) in [6.07, 6.45) is 3.41. The Kier molecular flexibility index (Phi) is 3.69. The van der Waals surface area contributed by atoms with Crippen LogP contribution in [0.5, 0.6) is 0 Å². The second kappa shape index (κ2) is 5.26. The topological polar surface area (TPSA) is 92.5 Å². The number of nitrogens with one attached hydrogen (secondary N) is 1. The zero-order valence-corrected chi connectivity index (χ0v) is 10.6. The van der Waals surface area contributed by atoms with Gasteiger partial charge in [0.2, 0.25) is 0 Å². The summed E-state index contributed by atoms with van der Waals surface area (Å²) in [6, 6.07) is 4.43. The number of rotatable bonds is 5. The minimum absolute atomic E-state index is 0.108. The maximum absolute atomic E-state index is 11.1. The summed E-state index contributed by atoms with van der Waals surface area (Å²) in [6.45, 7) is 1.97. The fourth-order valence-corrected chi connectivity index (χ4v) is 2.33. The molecule has 1 fully saturated rings. The molecule has 0 heterocycles. The molecule has 1 unspecified atom stereocenters. The molecule has 1 aliphatic carbocycles. The third kappa shape index (κ3) is 2.67. The number of aromatic carboxylic acids is 1. The molecule has 0 bridgehead atoms. The summed E-state index contributed by atoms with van der Waals surface area (Å²) in [5.41, 5.74) is -0.360. The number of nitrogens with zero attached hydrogens (tertiary/aromatic N) is 1. The van der Waals surface area contributed by atoms with Crippen molar-refractivity contribution in [3.05, 3.63) is 33.9 Å². The Morgan fingerprint density at radius 1 is 1.53 bits per heavy atom. The lowest BCUT2D eigenvalue weighted by Gasteiger charge is -2.32. The van der Waals surface area contributed by atoms with Gasteiger partial charge < -0.3 is 10.4 Å². The van der Waals surface area contributed by atoms with Gasteiger partial charge >= 0.3 is 11.7 Å². The zero-order valence-electron chi connectivity index (χ0n) is 10.6. The molecule has 1 atom stereocenters. The van der Waals surface area contributed by atoms with Crippen molar-refractivity contribution in [1.29, 1.82) is 0 Å². The maximum Gasteiger partial charge on any atom is 0.342 e. The van der Waals surface area contributed by atoms with Crippen LogP contribution in [0.15, 0.2) is 18.2 Å². The van der Waals surface area contributed by atoms with Crippen LogP contribution in [0.3, 0.4) is 0 Å². The van der Waals surface area contributed by atoms with Gasteiger partial charge in [0.1, 0.15) is 11.3 Å². The van der Waals surface area contributed by atoms with Crippen LogP contribution in [0.25, 0.3) is 0 Å². The normalized spacial score (nSPS) is 16.5. The van der Waals surface area contributed by atoms with E-state index in [1.165, 1.54) is 18.6 Å². The first-order chi connectivity index (χ1) is 9.00. The Morgan fingerprint density at radius 2 is 2.21 bits per heavy atom. The van der Waals surface area contributed by atoms with Crippen molar-refractivity contribution in [3.8, 4) is 0 Å². The average Bonchev–Trinajstić information content (AvgIpc) is 2.25. The lowest BCUT2D eigenvalue weighted by molar-refractivity contribution is -0.384. The molecule has 2 rings (SSSR count). The van der Waals surface area contributed by atoms with Gasteiger partial charge in [-0.25, -0.2) is 4.79 Å². The summed E-state index contributed by atoms with van der Waals surface area (Å²) in [5, 5.41) is 23.2. The van der Waals surface area contributed by atoms with E-state index >= 15 is 0 Å². The molecule has 102 valence electrons. The van der Waals surface area contributed by atoms with E-state index in [0.717, 1.165) is 12.8 Å². The van der Waals surface area contributed by atoms with Gasteiger partial charge in [-0.15, -0.1) is 0 Å². The van der Waals surface area contributed by atoms with Gasteiger partial charge in [-0.1, -0.05) is 12.5 Å². The third-order valence-corrected chi connectivity index (χ3v) is 3.69. The fraction of sp³-hybridized carbons (Fsp3) is 0.462. The molecule has 19 heavy (non-hydrogen) atoms. The molecule has 2 N–H and O–H groups in total. The molecule has 0 spiro atoms. The Morgan fingerprint density at radius 3 is 2.68 bits per heavy atom. The second-order valence-electron chi connectivity index (χ2n) is 4.89. The van der Waals surface area contributed by atoms with Crippen LogP contribution >= 0.6 is 0 Å². The molecule has 1 saturated carbocycles. The Bertz CT molecular complexity index is 511. The van der Waals surface area contributed by atoms with Crippen LogP contribution in [-0.4, -0.2) is 22.0 Å². The molecule has 6 heteroatoms. The van der Waals surface area contributed by atoms with Crippen molar-refractivity contribution in [1.82, 2.24) is 0 Å². The van der Waals surface area contributed by atoms with Crippen LogP contribution < -0.4 is 5.32 Å². The smallest absolute Gasteiger partial charge is 0.342 e. The monoisotopic (exact) mass is 264 g/mol. The first kappa shape index (κ1) is 13.3. The summed E-state index contributed by atoms with van der Waals surface area (Å²) in [5.74, 6) is -0.778. The van der Waals surface area contributed by atoms with Crippen LogP contribution in [0.2, 0.25) is 0 Å². The SMILES string of the molecule is CC(Nc1cccc(C(=O)O)c1[N+](=O)[O-])C1CCC1. The number of anilines is 1. The van der Waals surface area contributed by atoms with E-state index in [2.05, 4.69) is 5.32 Å². The van der Waals surface area contributed by atoms with Crippen molar-refractivity contribution in [2.75, 3.05) is 5.32 Å². The highest BCUT2D eigenvalue weighted by atomic mass is 16.6. The van der Waals surface area contributed by atoms with E-state index in [9.17, 15) is 14.9 Å². The minimum atomic E-state index is -1.29. The van der Waals surface area contributed by atoms with Crippen LogP contribution in [0.4, 0.5) is 11.4 Å². The van der Waals surface area contributed by atoms with Gasteiger partial charge in [-0.3, -0.25) is 10.1 Å².